The van der Waals surface area contributed by atoms with E-state index in [1.54, 1.807) is 10.6 Å². The molecule has 0 radical (unpaired) electrons. The molecule has 8 nitrogen and oxygen atoms in total. The van der Waals surface area contributed by atoms with E-state index in [0.29, 0.717) is 16.5 Å². The molecular weight excluding hydrogens is 308 g/mol. The third kappa shape index (κ3) is 3.67. The predicted octanol–water partition coefficient (Wildman–Crippen LogP) is 1.76. The molecule has 0 N–H and O–H groups in total. The number of nitro groups is 1. The maximum Gasteiger partial charge on any atom is 0.270 e. The Morgan fingerprint density at radius 2 is 2.18 bits per heavy atom. The highest BCUT2D eigenvalue weighted by molar-refractivity contribution is 7.84. The summed E-state index contributed by atoms with van der Waals surface area (Å²) in [5, 5.41) is 18.8. The van der Waals surface area contributed by atoms with Gasteiger partial charge in [-0.3, -0.25) is 14.3 Å². The van der Waals surface area contributed by atoms with Gasteiger partial charge in [0.1, 0.15) is 12.1 Å². The molecule has 1 heterocycles. The molecule has 0 aliphatic heterocycles. The predicted molar refractivity (Wildman–Crippen MR) is 80.3 cm³/mol. The van der Waals surface area contributed by atoms with Gasteiger partial charge in [0.25, 0.3) is 5.69 Å². The molecule has 1 aromatic heterocycles. The minimum absolute atomic E-state index is 0.0293. The van der Waals surface area contributed by atoms with Crippen LogP contribution in [0, 0.1) is 10.1 Å². The average molecular weight is 324 g/mol. The van der Waals surface area contributed by atoms with E-state index < -0.39 is 15.7 Å². The highest BCUT2D eigenvalue weighted by Gasteiger charge is 2.16. The van der Waals surface area contributed by atoms with Crippen molar-refractivity contribution in [1.29, 1.82) is 0 Å². The molecule has 0 bridgehead atoms. The smallest absolute Gasteiger partial charge is 0.270 e. The van der Waals surface area contributed by atoms with Crippen LogP contribution < -0.4 is 4.74 Å². The topological polar surface area (TPSA) is 100 Å². The molecule has 118 valence electrons. The SMILES string of the molecule is CC(C)Oc1ccc([N+](=O)[O-])cc1Cn1cnnc1[S@@](C)=O. The minimum atomic E-state index is -1.30. The van der Waals surface area contributed by atoms with E-state index in [2.05, 4.69) is 10.2 Å². The number of nitro benzene ring substituents is 1. The molecule has 0 unspecified atom stereocenters. The van der Waals surface area contributed by atoms with Crippen LogP contribution in [0.3, 0.4) is 0 Å². The Kier molecular flexibility index (Phi) is 4.86. The van der Waals surface area contributed by atoms with E-state index in [-0.39, 0.29) is 18.3 Å². The van der Waals surface area contributed by atoms with Crippen LogP contribution >= 0.6 is 0 Å². The van der Waals surface area contributed by atoms with E-state index in [1.807, 2.05) is 13.8 Å². The zero-order valence-corrected chi connectivity index (χ0v) is 13.2. The normalized spacial score (nSPS) is 12.4. The van der Waals surface area contributed by atoms with Gasteiger partial charge in [0.15, 0.2) is 0 Å². The van der Waals surface area contributed by atoms with Gasteiger partial charge in [-0.25, -0.2) is 0 Å². The maximum absolute atomic E-state index is 11.6. The number of nitrogens with zero attached hydrogens (tertiary/aromatic N) is 4. The molecule has 0 amide bonds. The zero-order valence-electron chi connectivity index (χ0n) is 12.4. The Hall–Kier alpha value is -2.29. The van der Waals surface area contributed by atoms with Crippen molar-refractivity contribution in [3.05, 3.63) is 40.2 Å². The summed E-state index contributed by atoms with van der Waals surface area (Å²) >= 11 is 0. The second kappa shape index (κ2) is 6.65. The second-order valence-corrected chi connectivity index (χ2v) is 6.18. The Morgan fingerprint density at radius 1 is 1.45 bits per heavy atom. The number of benzene rings is 1. The summed E-state index contributed by atoms with van der Waals surface area (Å²) < 4.78 is 18.9. The number of non-ortho nitro benzene ring substituents is 1. The van der Waals surface area contributed by atoms with E-state index in [9.17, 15) is 14.3 Å². The van der Waals surface area contributed by atoms with Crippen molar-refractivity contribution in [2.24, 2.45) is 0 Å². The lowest BCUT2D eigenvalue weighted by atomic mass is 10.1. The lowest BCUT2D eigenvalue weighted by Crippen LogP contribution is -2.11. The molecule has 1 atom stereocenters. The van der Waals surface area contributed by atoms with Gasteiger partial charge in [-0.1, -0.05) is 0 Å². The Bertz CT molecular complexity index is 714. The molecule has 22 heavy (non-hydrogen) atoms. The van der Waals surface area contributed by atoms with Crippen molar-refractivity contribution in [1.82, 2.24) is 14.8 Å². The molecule has 0 fully saturated rings. The number of ether oxygens (including phenoxy) is 1. The van der Waals surface area contributed by atoms with E-state index in [1.165, 1.54) is 24.7 Å². The monoisotopic (exact) mass is 324 g/mol. The second-order valence-electron chi connectivity index (χ2n) is 4.91. The Balaban J connectivity index is 2.42. The van der Waals surface area contributed by atoms with Gasteiger partial charge in [-0.15, -0.1) is 10.2 Å². The van der Waals surface area contributed by atoms with Gasteiger partial charge in [0.05, 0.1) is 28.4 Å². The lowest BCUT2D eigenvalue weighted by molar-refractivity contribution is -0.384. The zero-order chi connectivity index (χ0) is 16.3. The fourth-order valence-electron chi connectivity index (χ4n) is 1.93. The standard InChI is InChI=1S/C13H16N4O4S/c1-9(2)21-12-5-4-11(17(18)19)6-10(12)7-16-8-14-15-13(16)22(3)20/h4-6,8-9H,7H2,1-3H3/t22-/m1/s1. The van der Waals surface area contributed by atoms with Crippen molar-refractivity contribution in [2.75, 3.05) is 6.26 Å². The summed E-state index contributed by atoms with van der Waals surface area (Å²) in [6.07, 6.45) is 2.87. The fourth-order valence-corrected chi connectivity index (χ4v) is 2.53. The van der Waals surface area contributed by atoms with Gasteiger partial charge >= 0.3 is 0 Å². The summed E-state index contributed by atoms with van der Waals surface area (Å²) in [6, 6.07) is 4.41. The van der Waals surface area contributed by atoms with Crippen molar-refractivity contribution >= 4 is 16.5 Å². The summed E-state index contributed by atoms with van der Waals surface area (Å²) in [6.45, 7) is 3.98. The molecular formula is C13H16N4O4S. The first-order chi connectivity index (χ1) is 10.4. The van der Waals surface area contributed by atoms with Gasteiger partial charge in [-0.05, 0) is 19.9 Å². The number of hydrogen-bond donors (Lipinski definition) is 0. The van der Waals surface area contributed by atoms with Crippen LogP contribution in [-0.4, -0.2) is 36.3 Å². The number of rotatable bonds is 6. The van der Waals surface area contributed by atoms with Crippen molar-refractivity contribution < 1.29 is 13.9 Å². The quantitative estimate of drug-likeness (QED) is 0.593. The van der Waals surface area contributed by atoms with Crippen molar-refractivity contribution in [2.45, 2.75) is 31.7 Å². The molecule has 0 aliphatic carbocycles. The van der Waals surface area contributed by atoms with Crippen molar-refractivity contribution in [3.8, 4) is 5.75 Å². The minimum Gasteiger partial charge on any atom is -0.491 e. The molecule has 0 saturated carbocycles. The van der Waals surface area contributed by atoms with Crippen LogP contribution in [0.15, 0.2) is 29.7 Å². The first-order valence-corrected chi connectivity index (χ1v) is 8.09. The molecule has 2 rings (SSSR count). The summed E-state index contributed by atoms with van der Waals surface area (Å²) in [5.41, 5.74) is 0.577. The molecule has 0 spiro atoms. The van der Waals surface area contributed by atoms with Gasteiger partial charge < -0.3 is 9.30 Å². The molecule has 9 heteroatoms. The third-order valence-corrected chi connectivity index (χ3v) is 3.63. The van der Waals surface area contributed by atoms with Crippen LogP contribution in [0.2, 0.25) is 0 Å². The van der Waals surface area contributed by atoms with Crippen LogP contribution in [-0.2, 0) is 17.3 Å². The molecule has 0 saturated heterocycles. The highest BCUT2D eigenvalue weighted by Crippen LogP contribution is 2.26. The van der Waals surface area contributed by atoms with Gasteiger partial charge in [0, 0.05) is 24.0 Å². The highest BCUT2D eigenvalue weighted by atomic mass is 32.2. The number of hydrogen-bond acceptors (Lipinski definition) is 6. The Morgan fingerprint density at radius 3 is 2.77 bits per heavy atom. The van der Waals surface area contributed by atoms with E-state index in [4.69, 9.17) is 4.74 Å². The molecule has 2 aromatic rings. The molecule has 0 aliphatic rings. The van der Waals surface area contributed by atoms with Gasteiger partial charge in [-0.2, -0.15) is 0 Å². The molecule has 1 aromatic carbocycles. The van der Waals surface area contributed by atoms with Crippen LogP contribution in [0.1, 0.15) is 19.4 Å². The van der Waals surface area contributed by atoms with Crippen molar-refractivity contribution in [3.63, 3.8) is 0 Å². The summed E-state index contributed by atoms with van der Waals surface area (Å²) in [5.74, 6) is 0.544. The number of aromatic nitrogens is 3. The van der Waals surface area contributed by atoms with Gasteiger partial charge in [0.2, 0.25) is 5.16 Å². The summed E-state index contributed by atoms with van der Waals surface area (Å²) in [4.78, 5) is 10.5. The van der Waals surface area contributed by atoms with Crippen LogP contribution in [0.4, 0.5) is 5.69 Å². The largest absolute Gasteiger partial charge is 0.491 e. The maximum atomic E-state index is 11.6. The average Bonchev–Trinajstić information content (AvgIpc) is 2.88. The first kappa shape index (κ1) is 16.1. The van der Waals surface area contributed by atoms with Crippen LogP contribution in [0.5, 0.6) is 5.75 Å². The Labute approximate surface area is 129 Å². The van der Waals surface area contributed by atoms with E-state index >= 15 is 0 Å². The first-order valence-electron chi connectivity index (χ1n) is 6.53. The van der Waals surface area contributed by atoms with Crippen LogP contribution in [0.25, 0.3) is 0 Å². The lowest BCUT2D eigenvalue weighted by Gasteiger charge is -2.14. The summed E-state index contributed by atoms with van der Waals surface area (Å²) in [7, 11) is -1.30. The fraction of sp³-hybridized carbons (Fsp3) is 0.385. The van der Waals surface area contributed by atoms with E-state index in [0.717, 1.165) is 0 Å². The third-order valence-electron chi connectivity index (χ3n) is 2.80.